The number of benzene rings is 5. The summed E-state index contributed by atoms with van der Waals surface area (Å²) < 4.78 is 14.3. The van der Waals surface area contributed by atoms with E-state index in [0.717, 1.165) is 22.7 Å². The second kappa shape index (κ2) is 8.67. The Kier molecular flexibility index (Phi) is 4.76. The number of nitrogens with zero attached hydrogens (tertiary/aromatic N) is 3. The van der Waals surface area contributed by atoms with Crippen LogP contribution in [-0.2, 0) is 5.66 Å². The predicted octanol–water partition coefficient (Wildman–Crippen LogP) is 8.37. The first kappa shape index (κ1) is 24.7. The molecule has 0 N–H and O–H groups in total. The molecule has 3 aliphatic heterocycles. The van der Waals surface area contributed by atoms with Gasteiger partial charge in [0.05, 0.1) is 11.8 Å². The van der Waals surface area contributed by atoms with Crippen molar-refractivity contribution >= 4 is 0 Å². The highest BCUT2D eigenvalue weighted by Crippen LogP contribution is 2.60. The van der Waals surface area contributed by atoms with Crippen LogP contribution in [-0.4, -0.2) is 4.68 Å². The molecular weight excluding hydrogens is 550 g/mol. The Labute approximate surface area is 261 Å². The summed E-state index contributed by atoms with van der Waals surface area (Å²) in [6.07, 6.45) is 6.60. The molecule has 5 aromatic carbocycles. The molecule has 1 atom stereocenters. The van der Waals surface area contributed by atoms with Crippen molar-refractivity contribution in [2.75, 3.05) is 0 Å². The van der Waals surface area contributed by atoms with Gasteiger partial charge >= 0.3 is 5.66 Å². The number of aryl methyl sites for hydroxylation is 2. The molecule has 0 saturated heterocycles. The first-order valence-electron chi connectivity index (χ1n) is 15.5. The molecule has 45 heavy (non-hydrogen) atoms. The topological polar surface area (TPSA) is 21.9 Å². The van der Waals surface area contributed by atoms with Gasteiger partial charge in [0.1, 0.15) is 11.4 Å². The van der Waals surface area contributed by atoms with E-state index in [0.29, 0.717) is 0 Å². The zero-order chi connectivity index (χ0) is 29.9. The van der Waals surface area contributed by atoms with Gasteiger partial charge in [-0.05, 0) is 81.7 Å². The average Bonchev–Trinajstić information content (AvgIpc) is 3.76. The number of aromatic nitrogens is 3. The average molecular weight is 580 g/mol. The Hall–Kier alpha value is -5.74. The first-order chi connectivity index (χ1) is 22.2. The third-order valence-electron chi connectivity index (χ3n) is 9.92. The summed E-state index contributed by atoms with van der Waals surface area (Å²) >= 11 is 0. The Morgan fingerprint density at radius 2 is 1.33 bits per heavy atom. The second-order valence-corrected chi connectivity index (χ2v) is 12.3. The number of fused-ring (bicyclic) bond motifs is 4. The molecule has 0 bridgehead atoms. The Morgan fingerprint density at radius 3 is 2.11 bits per heavy atom. The van der Waals surface area contributed by atoms with E-state index in [1.165, 1.54) is 61.3 Å². The van der Waals surface area contributed by atoms with E-state index in [9.17, 15) is 0 Å². The van der Waals surface area contributed by atoms with Gasteiger partial charge in [-0.1, -0.05) is 78.9 Å². The summed E-state index contributed by atoms with van der Waals surface area (Å²) in [7, 11) is 0. The molecule has 2 aromatic heterocycles. The highest BCUT2D eigenvalue weighted by atomic mass is 16.5. The lowest BCUT2D eigenvalue weighted by Gasteiger charge is -2.27. The fourth-order valence-electron chi connectivity index (χ4n) is 8.28. The highest BCUT2D eigenvalue weighted by molar-refractivity contribution is 5.96. The molecule has 3 aliphatic rings. The van der Waals surface area contributed by atoms with E-state index in [1.807, 2.05) is 0 Å². The molecule has 10 rings (SSSR count). The smallest absolute Gasteiger partial charge is 0.447 e. The van der Waals surface area contributed by atoms with Crippen LogP contribution in [0.2, 0.25) is 0 Å². The van der Waals surface area contributed by atoms with Gasteiger partial charge in [-0.3, -0.25) is 0 Å². The fourth-order valence-corrected chi connectivity index (χ4v) is 8.28. The van der Waals surface area contributed by atoms with Crippen molar-refractivity contribution in [3.05, 3.63) is 162 Å². The molecule has 0 amide bonds. The predicted molar refractivity (Wildman–Crippen MR) is 175 cm³/mol. The second-order valence-electron chi connectivity index (χ2n) is 12.3. The number of hydrogen-bond donors (Lipinski definition) is 0. The summed E-state index contributed by atoms with van der Waals surface area (Å²) in [5, 5.41) is 0. The lowest BCUT2D eigenvalue weighted by molar-refractivity contribution is -0.988. The van der Waals surface area contributed by atoms with Crippen molar-refractivity contribution in [3.63, 3.8) is 0 Å². The lowest BCUT2D eigenvalue weighted by Crippen LogP contribution is -2.73. The van der Waals surface area contributed by atoms with E-state index in [1.54, 1.807) is 0 Å². The zero-order valence-corrected chi connectivity index (χ0v) is 25.0. The maximum atomic E-state index is 7.15. The molecule has 4 heteroatoms. The summed E-state index contributed by atoms with van der Waals surface area (Å²) in [5.74, 6) is 1.83. The van der Waals surface area contributed by atoms with Crippen LogP contribution in [0, 0.1) is 13.8 Å². The molecule has 7 aromatic rings. The van der Waals surface area contributed by atoms with E-state index in [-0.39, 0.29) is 0 Å². The van der Waals surface area contributed by atoms with Crippen LogP contribution in [0.5, 0.6) is 11.5 Å². The standard InChI is InChI=1S/C41H29N3O/c1-26-23-30(28-13-5-3-6-14-28)24-27(2)36(26)32-25-31(29-15-7-4-8-16-29)37-33-17-9-10-20-42(33)41-38-34(43-21-12-22-44(41)43)18-11-19-35(38)45-40(32)39(37)41/h3-25H,1-2H3/q+2. The minimum atomic E-state index is -0.625. The molecule has 4 nitrogen and oxygen atoms in total. The summed E-state index contributed by atoms with van der Waals surface area (Å²) in [5.41, 5.74) is 14.9. The molecule has 5 heterocycles. The van der Waals surface area contributed by atoms with Gasteiger partial charge in [0, 0.05) is 23.8 Å². The minimum absolute atomic E-state index is 0.625. The van der Waals surface area contributed by atoms with Gasteiger partial charge in [-0.15, -0.1) is 9.25 Å². The zero-order valence-electron chi connectivity index (χ0n) is 25.0. The van der Waals surface area contributed by atoms with Crippen molar-refractivity contribution < 1.29 is 14.0 Å². The quantitative estimate of drug-likeness (QED) is 0.193. The van der Waals surface area contributed by atoms with Crippen LogP contribution in [0.4, 0.5) is 0 Å². The summed E-state index contributed by atoms with van der Waals surface area (Å²) in [6, 6.07) is 43.6. The van der Waals surface area contributed by atoms with Crippen LogP contribution in [0.1, 0.15) is 22.3 Å². The SMILES string of the molecule is Cc1cc(-c2ccccc2)cc(C)c1-c1cc(-c2ccccc2)c2c3c1Oc1cccc4c1C3([n+]1ccccc1-2)[n+]1cccn1-4. The third kappa shape index (κ3) is 3.01. The first-order valence-corrected chi connectivity index (χ1v) is 15.5. The lowest BCUT2D eigenvalue weighted by atomic mass is 9.80. The maximum absolute atomic E-state index is 7.15. The fraction of sp³-hybridized carbons (Fsp3) is 0.0732. The summed E-state index contributed by atoms with van der Waals surface area (Å²) in [6.45, 7) is 4.47. The van der Waals surface area contributed by atoms with Crippen molar-refractivity contribution in [1.29, 1.82) is 0 Å². The Balaban J connectivity index is 1.37. The van der Waals surface area contributed by atoms with Gasteiger partial charge in [0.15, 0.2) is 23.1 Å². The normalized spacial score (nSPS) is 16.0. The van der Waals surface area contributed by atoms with Crippen LogP contribution >= 0.6 is 0 Å². The van der Waals surface area contributed by atoms with Gasteiger partial charge in [0.2, 0.25) is 11.9 Å². The molecule has 0 saturated carbocycles. The monoisotopic (exact) mass is 579 g/mol. The number of hydrogen-bond acceptors (Lipinski definition) is 1. The van der Waals surface area contributed by atoms with Gasteiger partial charge in [-0.25, -0.2) is 0 Å². The van der Waals surface area contributed by atoms with Crippen LogP contribution in [0.15, 0.2) is 140 Å². The van der Waals surface area contributed by atoms with E-state index in [4.69, 9.17) is 4.74 Å². The number of ether oxygens (including phenoxy) is 1. The molecule has 0 fully saturated rings. The largest absolute Gasteiger partial charge is 0.455 e. The van der Waals surface area contributed by atoms with Gasteiger partial charge < -0.3 is 4.74 Å². The van der Waals surface area contributed by atoms with E-state index < -0.39 is 5.66 Å². The molecule has 1 spiro atoms. The van der Waals surface area contributed by atoms with Gasteiger partial charge in [0.25, 0.3) is 0 Å². The van der Waals surface area contributed by atoms with Crippen molar-refractivity contribution in [3.8, 4) is 61.8 Å². The van der Waals surface area contributed by atoms with Crippen molar-refractivity contribution in [2.45, 2.75) is 19.5 Å². The highest BCUT2D eigenvalue weighted by Gasteiger charge is 2.72. The molecule has 0 aliphatic carbocycles. The summed E-state index contributed by atoms with van der Waals surface area (Å²) in [4.78, 5) is 0. The molecule has 212 valence electrons. The number of rotatable bonds is 3. The van der Waals surface area contributed by atoms with Crippen molar-refractivity contribution in [2.24, 2.45) is 0 Å². The van der Waals surface area contributed by atoms with Gasteiger partial charge in [-0.2, -0.15) is 0 Å². The van der Waals surface area contributed by atoms with E-state index in [2.05, 4.69) is 168 Å². The maximum Gasteiger partial charge on any atom is 0.447 e. The van der Waals surface area contributed by atoms with Crippen molar-refractivity contribution in [1.82, 2.24) is 4.68 Å². The third-order valence-corrected chi connectivity index (χ3v) is 9.92. The van der Waals surface area contributed by atoms with Crippen LogP contribution in [0.25, 0.3) is 50.3 Å². The molecule has 1 unspecified atom stereocenters. The minimum Gasteiger partial charge on any atom is -0.455 e. The number of pyridine rings is 1. The Morgan fingerprint density at radius 1 is 0.600 bits per heavy atom. The van der Waals surface area contributed by atoms with Crippen LogP contribution in [0.3, 0.4) is 0 Å². The molecular formula is C41H29N3O+2. The van der Waals surface area contributed by atoms with Crippen LogP contribution < -0.4 is 14.0 Å². The van der Waals surface area contributed by atoms with E-state index >= 15 is 0 Å². The Bertz CT molecular complexity index is 2350. The molecule has 0 radical (unpaired) electrons.